The molecule has 0 unspecified atom stereocenters. The first-order chi connectivity index (χ1) is 14.8. The second-order valence-corrected chi connectivity index (χ2v) is 8.68. The number of aromatic nitrogens is 1. The fourth-order valence-corrected chi connectivity index (χ4v) is 4.92. The summed E-state index contributed by atoms with van der Waals surface area (Å²) in [5.41, 5.74) is 1.46. The first kappa shape index (κ1) is 21.4. The van der Waals surface area contributed by atoms with Crippen molar-refractivity contribution in [3.8, 4) is 5.75 Å². The van der Waals surface area contributed by atoms with Gasteiger partial charge < -0.3 is 10.2 Å². The molecule has 0 amide bonds. The van der Waals surface area contributed by atoms with E-state index in [0.717, 1.165) is 31.7 Å². The fraction of sp³-hybridized carbons (Fsp3) is 0.333. The number of carbonyl (C=O) groups is 2. The van der Waals surface area contributed by atoms with Crippen LogP contribution in [-0.2, 0) is 4.79 Å². The molecule has 1 saturated carbocycles. The number of carboxylic acids is 1. The number of carboxylic acid groups (broad SMARTS) is 1. The highest BCUT2D eigenvalue weighted by Gasteiger charge is 2.32. The van der Waals surface area contributed by atoms with Crippen LogP contribution in [-0.4, -0.2) is 26.7 Å². The number of phenols is 1. The molecule has 5 nitrogen and oxygen atoms in total. The van der Waals surface area contributed by atoms with E-state index in [9.17, 15) is 24.2 Å². The summed E-state index contributed by atoms with van der Waals surface area (Å²) in [6, 6.07) is 8.62. The zero-order valence-corrected chi connectivity index (χ0v) is 17.8. The van der Waals surface area contributed by atoms with Gasteiger partial charge in [-0.25, -0.2) is 4.39 Å². The first-order valence-electron chi connectivity index (χ1n) is 10.3. The van der Waals surface area contributed by atoms with Crippen molar-refractivity contribution in [1.82, 2.24) is 4.57 Å². The van der Waals surface area contributed by atoms with Crippen LogP contribution in [0.2, 0.25) is 5.02 Å². The van der Waals surface area contributed by atoms with Gasteiger partial charge in [-0.1, -0.05) is 37.3 Å². The van der Waals surface area contributed by atoms with Crippen LogP contribution in [0.1, 0.15) is 59.6 Å². The molecule has 0 bridgehead atoms. The average Bonchev–Trinajstić information content (AvgIpc) is 3.33. The van der Waals surface area contributed by atoms with E-state index in [0.29, 0.717) is 39.6 Å². The van der Waals surface area contributed by atoms with Crippen LogP contribution in [0.25, 0.3) is 10.9 Å². The SMILES string of the molecule is Cc1c([C@H](CC2CCCC2)C(=O)O)c2cc(O)c(F)cc2n1C(=O)c1ccc(Cl)cc1. The zero-order valence-electron chi connectivity index (χ0n) is 17.1. The number of halogens is 2. The van der Waals surface area contributed by atoms with Gasteiger partial charge in [-0.2, -0.15) is 0 Å². The van der Waals surface area contributed by atoms with Gasteiger partial charge in [-0.05, 0) is 55.2 Å². The highest BCUT2D eigenvalue weighted by atomic mass is 35.5. The molecule has 1 aromatic heterocycles. The molecule has 1 aliphatic carbocycles. The van der Waals surface area contributed by atoms with Gasteiger partial charge in [0, 0.05) is 27.7 Å². The average molecular weight is 444 g/mol. The minimum Gasteiger partial charge on any atom is -0.505 e. The smallest absolute Gasteiger partial charge is 0.311 e. The van der Waals surface area contributed by atoms with E-state index in [4.69, 9.17) is 11.6 Å². The van der Waals surface area contributed by atoms with Gasteiger partial charge in [0.2, 0.25) is 0 Å². The van der Waals surface area contributed by atoms with Crippen molar-refractivity contribution < 1.29 is 24.2 Å². The molecule has 1 fully saturated rings. The lowest BCUT2D eigenvalue weighted by Crippen LogP contribution is -2.18. The molecule has 7 heteroatoms. The van der Waals surface area contributed by atoms with E-state index in [1.54, 1.807) is 31.2 Å². The lowest BCUT2D eigenvalue weighted by atomic mass is 9.86. The molecule has 0 aliphatic heterocycles. The number of benzene rings is 2. The Kier molecular flexibility index (Phi) is 5.75. The topological polar surface area (TPSA) is 79.5 Å². The van der Waals surface area contributed by atoms with Crippen molar-refractivity contribution in [3.63, 3.8) is 0 Å². The third-order valence-corrected chi connectivity index (χ3v) is 6.56. The van der Waals surface area contributed by atoms with Crippen LogP contribution < -0.4 is 0 Å². The van der Waals surface area contributed by atoms with E-state index in [-0.39, 0.29) is 5.52 Å². The van der Waals surface area contributed by atoms with Gasteiger partial charge in [-0.3, -0.25) is 14.2 Å². The van der Waals surface area contributed by atoms with Gasteiger partial charge in [0.05, 0.1) is 11.4 Å². The molecule has 1 aliphatic rings. The summed E-state index contributed by atoms with van der Waals surface area (Å²) in [4.78, 5) is 25.6. The van der Waals surface area contributed by atoms with E-state index in [1.165, 1.54) is 10.6 Å². The minimum absolute atomic E-state index is 0.237. The monoisotopic (exact) mass is 443 g/mol. The summed E-state index contributed by atoms with van der Waals surface area (Å²) < 4.78 is 15.6. The molecule has 3 aromatic rings. The van der Waals surface area contributed by atoms with Crippen molar-refractivity contribution in [2.45, 2.75) is 44.9 Å². The van der Waals surface area contributed by atoms with E-state index in [1.807, 2.05) is 0 Å². The maximum absolute atomic E-state index is 14.3. The number of nitrogens with zero attached hydrogens (tertiary/aromatic N) is 1. The Morgan fingerprint density at radius 2 is 1.84 bits per heavy atom. The van der Waals surface area contributed by atoms with Crippen molar-refractivity contribution in [2.75, 3.05) is 0 Å². The Morgan fingerprint density at radius 3 is 2.45 bits per heavy atom. The number of rotatable bonds is 5. The molecule has 0 saturated heterocycles. The summed E-state index contributed by atoms with van der Waals surface area (Å²) in [6.07, 6.45) is 4.57. The maximum atomic E-state index is 14.3. The number of aliphatic carboxylic acids is 1. The van der Waals surface area contributed by atoms with Crippen molar-refractivity contribution in [1.29, 1.82) is 0 Å². The predicted molar refractivity (Wildman–Crippen MR) is 116 cm³/mol. The number of fused-ring (bicyclic) bond motifs is 1. The quantitative estimate of drug-likeness (QED) is 0.515. The molecule has 0 spiro atoms. The second-order valence-electron chi connectivity index (χ2n) is 8.24. The van der Waals surface area contributed by atoms with Crippen LogP contribution in [0.3, 0.4) is 0 Å². The van der Waals surface area contributed by atoms with Crippen LogP contribution in [0.5, 0.6) is 5.75 Å². The Bertz CT molecular complexity index is 1160. The number of aromatic hydroxyl groups is 1. The summed E-state index contributed by atoms with van der Waals surface area (Å²) >= 11 is 5.93. The van der Waals surface area contributed by atoms with Gasteiger partial charge in [0.25, 0.3) is 5.91 Å². The summed E-state index contributed by atoms with van der Waals surface area (Å²) in [7, 11) is 0. The van der Waals surface area contributed by atoms with Crippen molar-refractivity contribution in [2.24, 2.45) is 5.92 Å². The molecule has 2 aromatic carbocycles. The van der Waals surface area contributed by atoms with Gasteiger partial charge in [-0.15, -0.1) is 0 Å². The molecule has 31 heavy (non-hydrogen) atoms. The summed E-state index contributed by atoms with van der Waals surface area (Å²) in [5.74, 6) is -3.41. The van der Waals surface area contributed by atoms with E-state index in [2.05, 4.69) is 0 Å². The third-order valence-electron chi connectivity index (χ3n) is 6.31. The van der Waals surface area contributed by atoms with Crippen molar-refractivity contribution >= 4 is 34.4 Å². The molecular formula is C24H23ClFNO4. The third kappa shape index (κ3) is 3.92. The van der Waals surface area contributed by atoms with Crippen LogP contribution in [0.15, 0.2) is 36.4 Å². The fourth-order valence-electron chi connectivity index (χ4n) is 4.79. The molecular weight excluding hydrogens is 421 g/mol. The first-order valence-corrected chi connectivity index (χ1v) is 10.7. The zero-order chi connectivity index (χ0) is 22.3. The van der Waals surface area contributed by atoms with Crippen LogP contribution >= 0.6 is 11.6 Å². The second kappa shape index (κ2) is 8.35. The van der Waals surface area contributed by atoms with Gasteiger partial charge >= 0.3 is 5.97 Å². The summed E-state index contributed by atoms with van der Waals surface area (Å²) in [5, 5.41) is 20.9. The highest BCUT2D eigenvalue weighted by Crippen LogP contribution is 2.41. The molecule has 162 valence electrons. The number of carbonyl (C=O) groups excluding carboxylic acids is 1. The Labute approximate surface area is 184 Å². The number of hydrogen-bond donors (Lipinski definition) is 2. The number of phenolic OH excluding ortho intramolecular Hbond substituents is 1. The molecule has 4 rings (SSSR count). The Hall–Kier alpha value is -2.86. The Balaban J connectivity index is 1.91. The molecule has 1 heterocycles. The lowest BCUT2D eigenvalue weighted by Gasteiger charge is -2.18. The lowest BCUT2D eigenvalue weighted by molar-refractivity contribution is -0.139. The standard InChI is InChI=1S/C24H23ClFNO4/c1-13-22(18(24(30)31)10-14-4-2-3-5-14)17-11-21(28)19(26)12-20(17)27(13)23(29)15-6-8-16(25)9-7-15/h6-9,11-12,14,18,28H,2-5,10H2,1H3,(H,30,31)/t18-/m0/s1. The largest absolute Gasteiger partial charge is 0.505 e. The van der Waals surface area contributed by atoms with E-state index < -0.39 is 29.4 Å². The van der Waals surface area contributed by atoms with Crippen LogP contribution in [0.4, 0.5) is 4.39 Å². The minimum atomic E-state index is -0.989. The van der Waals surface area contributed by atoms with Gasteiger partial charge in [0.15, 0.2) is 11.6 Å². The van der Waals surface area contributed by atoms with Crippen LogP contribution in [0, 0.1) is 18.7 Å². The Morgan fingerprint density at radius 1 is 1.19 bits per heavy atom. The van der Waals surface area contributed by atoms with Crippen molar-refractivity contribution in [3.05, 3.63) is 64.1 Å². The van der Waals surface area contributed by atoms with E-state index >= 15 is 0 Å². The van der Waals surface area contributed by atoms with Gasteiger partial charge in [0.1, 0.15) is 0 Å². The summed E-state index contributed by atoms with van der Waals surface area (Å²) in [6.45, 7) is 1.67. The normalized spacial score (nSPS) is 15.5. The molecule has 1 atom stereocenters. The maximum Gasteiger partial charge on any atom is 0.311 e. The highest BCUT2D eigenvalue weighted by molar-refractivity contribution is 6.30. The predicted octanol–water partition coefficient (Wildman–Crippen LogP) is 5.88. The molecule has 0 radical (unpaired) electrons. The molecule has 2 N–H and O–H groups in total. The number of hydrogen-bond acceptors (Lipinski definition) is 3.